The number of benzene rings is 1. The molecular weight excluding hydrogens is 238 g/mol. The van der Waals surface area contributed by atoms with E-state index in [4.69, 9.17) is 10.2 Å². The Morgan fingerprint density at radius 2 is 1.95 bits per heavy atom. The number of rotatable bonds is 3. The van der Waals surface area contributed by atoms with Crippen molar-refractivity contribution in [2.24, 2.45) is 5.73 Å². The summed E-state index contributed by atoms with van der Waals surface area (Å²) in [5.41, 5.74) is 6.77. The molecule has 1 heterocycles. The predicted molar refractivity (Wildman–Crippen MR) is 75.2 cm³/mol. The molecule has 3 rings (SSSR count). The Hall–Kier alpha value is -1.61. The standard InChI is InChI=1S/C16H19NO2/c17-16(8-4-1-5-9-16)11-13(18)15-10-12-6-2-3-7-14(12)19-15/h2-3,6-7,10H,1,4-5,8-9,11,17H2. The van der Waals surface area contributed by atoms with Crippen LogP contribution in [0.1, 0.15) is 49.1 Å². The summed E-state index contributed by atoms with van der Waals surface area (Å²) >= 11 is 0. The van der Waals surface area contributed by atoms with E-state index in [1.807, 2.05) is 30.3 Å². The number of hydrogen-bond acceptors (Lipinski definition) is 3. The summed E-state index contributed by atoms with van der Waals surface area (Å²) in [5.74, 6) is 0.470. The summed E-state index contributed by atoms with van der Waals surface area (Å²) in [6.45, 7) is 0. The van der Waals surface area contributed by atoms with Gasteiger partial charge >= 0.3 is 0 Å². The summed E-state index contributed by atoms with van der Waals surface area (Å²) in [4.78, 5) is 12.3. The first kappa shape index (κ1) is 12.4. The monoisotopic (exact) mass is 257 g/mol. The summed E-state index contributed by atoms with van der Waals surface area (Å²) in [6.07, 6.45) is 5.77. The molecule has 0 bridgehead atoms. The Bertz CT molecular complexity index is 561. The van der Waals surface area contributed by atoms with Gasteiger partial charge in [-0.1, -0.05) is 37.5 Å². The number of Topliss-reactive ketones (excluding diaryl/α,β-unsaturated/α-hetero) is 1. The molecule has 1 fully saturated rings. The number of nitrogens with two attached hydrogens (primary N) is 1. The lowest BCUT2D eigenvalue weighted by molar-refractivity contribution is 0.0909. The lowest BCUT2D eigenvalue weighted by Crippen LogP contribution is -2.43. The summed E-state index contributed by atoms with van der Waals surface area (Å²) in [6, 6.07) is 9.51. The molecule has 1 saturated carbocycles. The van der Waals surface area contributed by atoms with Gasteiger partial charge < -0.3 is 10.2 Å². The van der Waals surface area contributed by atoms with Crippen LogP contribution in [0.4, 0.5) is 0 Å². The van der Waals surface area contributed by atoms with E-state index in [0.29, 0.717) is 12.2 Å². The van der Waals surface area contributed by atoms with Crippen LogP contribution in [0.25, 0.3) is 11.0 Å². The fourth-order valence-corrected chi connectivity index (χ4v) is 2.96. The maximum atomic E-state index is 12.3. The lowest BCUT2D eigenvalue weighted by Gasteiger charge is -2.32. The van der Waals surface area contributed by atoms with Crippen LogP contribution in [0.3, 0.4) is 0 Å². The Morgan fingerprint density at radius 3 is 2.68 bits per heavy atom. The highest BCUT2D eigenvalue weighted by molar-refractivity contribution is 5.98. The van der Waals surface area contributed by atoms with Gasteiger partial charge in [-0.25, -0.2) is 0 Å². The molecule has 0 spiro atoms. The van der Waals surface area contributed by atoms with Gasteiger partial charge in [0.1, 0.15) is 5.58 Å². The Labute approximate surface area is 112 Å². The van der Waals surface area contributed by atoms with E-state index >= 15 is 0 Å². The normalized spacial score (nSPS) is 18.6. The molecule has 3 heteroatoms. The number of fused-ring (bicyclic) bond motifs is 1. The fraction of sp³-hybridized carbons (Fsp3) is 0.438. The van der Waals surface area contributed by atoms with Crippen molar-refractivity contribution in [3.63, 3.8) is 0 Å². The number of carbonyl (C=O) groups is 1. The van der Waals surface area contributed by atoms with Crippen LogP contribution in [0, 0.1) is 0 Å². The second kappa shape index (κ2) is 4.82. The molecule has 0 atom stereocenters. The van der Waals surface area contributed by atoms with Gasteiger partial charge in [0.25, 0.3) is 0 Å². The molecule has 3 nitrogen and oxygen atoms in total. The molecule has 2 N–H and O–H groups in total. The van der Waals surface area contributed by atoms with E-state index in [2.05, 4.69) is 0 Å². The first-order valence-corrected chi connectivity index (χ1v) is 6.97. The second-order valence-electron chi connectivity index (χ2n) is 5.67. The van der Waals surface area contributed by atoms with Gasteiger partial charge in [-0.15, -0.1) is 0 Å². The van der Waals surface area contributed by atoms with Crippen molar-refractivity contribution in [3.05, 3.63) is 36.1 Å². The maximum Gasteiger partial charge on any atom is 0.199 e. The van der Waals surface area contributed by atoms with Gasteiger partial charge in [0, 0.05) is 17.3 Å². The highest BCUT2D eigenvalue weighted by Crippen LogP contribution is 2.30. The number of carbonyl (C=O) groups excluding carboxylic acids is 1. The first-order chi connectivity index (χ1) is 9.16. The molecular formula is C16H19NO2. The van der Waals surface area contributed by atoms with Crippen LogP contribution < -0.4 is 5.73 Å². The molecule has 0 saturated heterocycles. The first-order valence-electron chi connectivity index (χ1n) is 6.97. The maximum absolute atomic E-state index is 12.3. The second-order valence-corrected chi connectivity index (χ2v) is 5.67. The molecule has 100 valence electrons. The van der Waals surface area contributed by atoms with Crippen LogP contribution >= 0.6 is 0 Å². The molecule has 0 aliphatic heterocycles. The van der Waals surface area contributed by atoms with Crippen molar-refractivity contribution >= 4 is 16.8 Å². The van der Waals surface area contributed by atoms with Gasteiger partial charge in [0.15, 0.2) is 11.5 Å². The predicted octanol–water partition coefficient (Wildman–Crippen LogP) is 3.67. The molecule has 1 aliphatic rings. The summed E-state index contributed by atoms with van der Waals surface area (Å²) < 4.78 is 5.61. The van der Waals surface area contributed by atoms with Gasteiger partial charge in [-0.05, 0) is 25.0 Å². The van der Waals surface area contributed by atoms with Gasteiger partial charge in [-0.2, -0.15) is 0 Å². The van der Waals surface area contributed by atoms with Crippen LogP contribution in [-0.2, 0) is 0 Å². The molecule has 0 amide bonds. The van der Waals surface area contributed by atoms with Crippen LogP contribution in [-0.4, -0.2) is 11.3 Å². The smallest absolute Gasteiger partial charge is 0.199 e. The van der Waals surface area contributed by atoms with E-state index in [0.717, 1.165) is 36.7 Å². The van der Waals surface area contributed by atoms with Crippen molar-refractivity contribution in [3.8, 4) is 0 Å². The van der Waals surface area contributed by atoms with Crippen molar-refractivity contribution in [1.29, 1.82) is 0 Å². The fourth-order valence-electron chi connectivity index (χ4n) is 2.96. The molecule has 2 aromatic rings. The van der Waals surface area contributed by atoms with Crippen LogP contribution in [0.15, 0.2) is 34.7 Å². The van der Waals surface area contributed by atoms with E-state index in [1.165, 1.54) is 6.42 Å². The zero-order valence-corrected chi connectivity index (χ0v) is 11.0. The average Bonchev–Trinajstić information content (AvgIpc) is 2.83. The van der Waals surface area contributed by atoms with E-state index < -0.39 is 0 Å². The van der Waals surface area contributed by atoms with Crippen molar-refractivity contribution in [2.45, 2.75) is 44.1 Å². The van der Waals surface area contributed by atoms with Crippen molar-refractivity contribution < 1.29 is 9.21 Å². The van der Waals surface area contributed by atoms with Gasteiger partial charge in [-0.3, -0.25) is 4.79 Å². The minimum absolute atomic E-state index is 0.0283. The third-order valence-corrected chi connectivity index (χ3v) is 4.06. The molecule has 19 heavy (non-hydrogen) atoms. The Balaban J connectivity index is 1.79. The largest absolute Gasteiger partial charge is 0.453 e. The highest BCUT2D eigenvalue weighted by Gasteiger charge is 2.31. The lowest BCUT2D eigenvalue weighted by atomic mass is 9.79. The minimum Gasteiger partial charge on any atom is -0.453 e. The molecule has 0 radical (unpaired) electrons. The quantitative estimate of drug-likeness (QED) is 0.853. The summed E-state index contributed by atoms with van der Waals surface area (Å²) in [5, 5.41) is 0.973. The van der Waals surface area contributed by atoms with Gasteiger partial charge in [0.05, 0.1) is 0 Å². The number of hydrogen-bond donors (Lipinski definition) is 1. The van der Waals surface area contributed by atoms with Crippen molar-refractivity contribution in [1.82, 2.24) is 0 Å². The van der Waals surface area contributed by atoms with E-state index in [9.17, 15) is 4.79 Å². The number of furan rings is 1. The van der Waals surface area contributed by atoms with E-state index in [1.54, 1.807) is 0 Å². The van der Waals surface area contributed by atoms with E-state index in [-0.39, 0.29) is 11.3 Å². The average molecular weight is 257 g/mol. The Morgan fingerprint density at radius 1 is 1.21 bits per heavy atom. The van der Waals surface area contributed by atoms with Crippen molar-refractivity contribution in [2.75, 3.05) is 0 Å². The molecule has 1 aliphatic carbocycles. The number of ketones is 1. The minimum atomic E-state index is -0.325. The SMILES string of the molecule is NC1(CC(=O)c2cc3ccccc3o2)CCCCC1. The zero-order chi connectivity index (χ0) is 13.3. The third-order valence-electron chi connectivity index (χ3n) is 4.06. The topological polar surface area (TPSA) is 56.2 Å². The molecule has 0 unspecified atom stereocenters. The van der Waals surface area contributed by atoms with Gasteiger partial charge in [0.2, 0.25) is 0 Å². The Kier molecular flexibility index (Phi) is 3.15. The zero-order valence-electron chi connectivity index (χ0n) is 11.0. The highest BCUT2D eigenvalue weighted by atomic mass is 16.3. The van der Waals surface area contributed by atoms with Crippen LogP contribution in [0.2, 0.25) is 0 Å². The summed E-state index contributed by atoms with van der Waals surface area (Å²) in [7, 11) is 0. The third kappa shape index (κ3) is 2.56. The van der Waals surface area contributed by atoms with Crippen LogP contribution in [0.5, 0.6) is 0 Å². The number of para-hydroxylation sites is 1. The molecule has 1 aromatic carbocycles. The molecule has 1 aromatic heterocycles.